The van der Waals surface area contributed by atoms with Gasteiger partial charge in [0.1, 0.15) is 5.82 Å². The second-order valence-corrected chi connectivity index (χ2v) is 5.75. The minimum atomic E-state index is -0.0286. The van der Waals surface area contributed by atoms with Gasteiger partial charge in [-0.25, -0.2) is 4.98 Å². The molecule has 2 heterocycles. The first kappa shape index (κ1) is 14.0. The van der Waals surface area contributed by atoms with Crippen molar-refractivity contribution < 1.29 is 4.79 Å². The molecule has 5 heteroatoms. The zero-order chi connectivity index (χ0) is 15.8. The highest BCUT2D eigenvalue weighted by atomic mass is 16.1. The van der Waals surface area contributed by atoms with E-state index < -0.39 is 0 Å². The predicted molar refractivity (Wildman–Crippen MR) is 90.3 cm³/mol. The largest absolute Gasteiger partial charge is 0.350 e. The lowest BCUT2D eigenvalue weighted by Gasteiger charge is -2.08. The molecule has 1 aliphatic heterocycles. The minimum absolute atomic E-state index is 0.0286. The van der Waals surface area contributed by atoms with Gasteiger partial charge in [-0.15, -0.1) is 0 Å². The fourth-order valence-corrected chi connectivity index (χ4v) is 3.17. The molecule has 5 nitrogen and oxygen atoms in total. The Morgan fingerprint density at radius 3 is 2.78 bits per heavy atom. The molecule has 116 valence electrons. The number of imidazole rings is 1. The van der Waals surface area contributed by atoms with Crippen LogP contribution in [0.2, 0.25) is 0 Å². The average Bonchev–Trinajstić information content (AvgIpc) is 2.85. The molecule has 1 aromatic heterocycles. The van der Waals surface area contributed by atoms with E-state index in [9.17, 15) is 4.79 Å². The number of para-hydroxylation sites is 1. The zero-order valence-corrected chi connectivity index (χ0v) is 12.7. The number of hydrogen-bond donors (Lipinski definition) is 2. The fourth-order valence-electron chi connectivity index (χ4n) is 3.17. The van der Waals surface area contributed by atoms with Crippen LogP contribution in [0.15, 0.2) is 42.5 Å². The molecule has 0 saturated carbocycles. The molecular weight excluding hydrogens is 288 g/mol. The second kappa shape index (κ2) is 5.52. The topological polar surface area (TPSA) is 72.9 Å². The first-order valence-electron chi connectivity index (χ1n) is 7.85. The van der Waals surface area contributed by atoms with E-state index >= 15 is 0 Å². The Bertz CT molecular complexity index is 880. The van der Waals surface area contributed by atoms with Crippen LogP contribution in [0.5, 0.6) is 0 Å². The van der Waals surface area contributed by atoms with E-state index in [2.05, 4.69) is 34.1 Å². The van der Waals surface area contributed by atoms with Gasteiger partial charge in [0.25, 0.3) is 5.91 Å². The second-order valence-electron chi connectivity index (χ2n) is 5.75. The molecule has 0 fully saturated rings. The molecule has 4 rings (SSSR count). The maximum Gasteiger partial charge on any atom is 0.253 e. The van der Waals surface area contributed by atoms with Crippen LogP contribution in [0, 0.1) is 0 Å². The van der Waals surface area contributed by atoms with Crippen molar-refractivity contribution in [3.63, 3.8) is 0 Å². The van der Waals surface area contributed by atoms with Crippen molar-refractivity contribution in [2.24, 2.45) is 5.73 Å². The third-order valence-corrected chi connectivity index (χ3v) is 4.28. The van der Waals surface area contributed by atoms with Crippen molar-refractivity contribution in [3.8, 4) is 11.4 Å². The van der Waals surface area contributed by atoms with E-state index in [0.717, 1.165) is 35.4 Å². The lowest BCUT2D eigenvalue weighted by molar-refractivity contribution is 0.0956. The van der Waals surface area contributed by atoms with Gasteiger partial charge in [-0.05, 0) is 30.7 Å². The minimum Gasteiger partial charge on any atom is -0.350 e. The van der Waals surface area contributed by atoms with Crippen LogP contribution < -0.4 is 11.1 Å². The van der Waals surface area contributed by atoms with Gasteiger partial charge in [0.2, 0.25) is 0 Å². The van der Waals surface area contributed by atoms with Crippen LogP contribution in [0.25, 0.3) is 22.4 Å². The summed E-state index contributed by atoms with van der Waals surface area (Å²) in [6.07, 6.45) is 0.874. The molecule has 3 aromatic rings. The van der Waals surface area contributed by atoms with Crippen molar-refractivity contribution in [1.29, 1.82) is 0 Å². The number of hydrogen-bond acceptors (Lipinski definition) is 3. The summed E-state index contributed by atoms with van der Waals surface area (Å²) in [4.78, 5) is 17.0. The van der Waals surface area contributed by atoms with Gasteiger partial charge in [-0.2, -0.15) is 0 Å². The highest BCUT2D eigenvalue weighted by Gasteiger charge is 2.21. The van der Waals surface area contributed by atoms with E-state index in [-0.39, 0.29) is 5.91 Å². The van der Waals surface area contributed by atoms with Crippen molar-refractivity contribution in [2.75, 3.05) is 13.1 Å². The molecule has 1 aliphatic rings. The summed E-state index contributed by atoms with van der Waals surface area (Å²) < 4.78 is 2.14. The molecule has 0 radical (unpaired) electrons. The number of carbonyl (C=O) groups is 1. The van der Waals surface area contributed by atoms with Crippen LogP contribution in [-0.2, 0) is 13.0 Å². The molecule has 0 unspecified atom stereocenters. The van der Waals surface area contributed by atoms with Crippen molar-refractivity contribution >= 4 is 16.9 Å². The summed E-state index contributed by atoms with van der Waals surface area (Å²) in [5.74, 6) is 0.877. The lowest BCUT2D eigenvalue weighted by atomic mass is 10.1. The number of aromatic nitrogens is 2. The normalized spacial score (nSPS) is 13.9. The van der Waals surface area contributed by atoms with Crippen LogP contribution >= 0.6 is 0 Å². The number of rotatable bonds is 3. The third kappa shape index (κ3) is 2.29. The zero-order valence-electron chi connectivity index (χ0n) is 12.7. The highest BCUT2D eigenvalue weighted by molar-refractivity contribution is 6.06. The van der Waals surface area contributed by atoms with Crippen LogP contribution in [0.1, 0.15) is 15.9 Å². The van der Waals surface area contributed by atoms with Gasteiger partial charge >= 0.3 is 0 Å². The molecule has 0 spiro atoms. The fraction of sp³-hybridized carbons (Fsp3) is 0.222. The van der Waals surface area contributed by atoms with Crippen LogP contribution in [-0.4, -0.2) is 28.5 Å². The van der Waals surface area contributed by atoms with E-state index in [4.69, 9.17) is 10.7 Å². The average molecular weight is 306 g/mol. The number of nitrogens with zero attached hydrogens (tertiary/aromatic N) is 2. The number of benzene rings is 2. The Kier molecular flexibility index (Phi) is 3.35. The number of carbonyl (C=O) groups excluding carboxylic acids is 1. The Balaban J connectivity index is 1.89. The Morgan fingerprint density at radius 1 is 1.17 bits per heavy atom. The van der Waals surface area contributed by atoms with Gasteiger partial charge < -0.3 is 15.6 Å². The van der Waals surface area contributed by atoms with Crippen molar-refractivity contribution in [3.05, 3.63) is 53.6 Å². The van der Waals surface area contributed by atoms with Gasteiger partial charge in [0, 0.05) is 18.7 Å². The monoisotopic (exact) mass is 306 g/mol. The Labute approximate surface area is 134 Å². The molecule has 23 heavy (non-hydrogen) atoms. The van der Waals surface area contributed by atoms with Gasteiger partial charge in [0.15, 0.2) is 0 Å². The summed E-state index contributed by atoms with van der Waals surface area (Å²) in [5, 5.41) is 2.94. The molecule has 0 atom stereocenters. The van der Waals surface area contributed by atoms with Gasteiger partial charge in [0.05, 0.1) is 16.6 Å². The van der Waals surface area contributed by atoms with E-state index in [1.165, 1.54) is 5.56 Å². The lowest BCUT2D eigenvalue weighted by Crippen LogP contribution is -2.24. The predicted octanol–water partition coefficient (Wildman–Crippen LogP) is 1.95. The first-order valence-corrected chi connectivity index (χ1v) is 7.85. The number of nitrogens with one attached hydrogen (secondary N) is 1. The van der Waals surface area contributed by atoms with Crippen molar-refractivity contribution in [1.82, 2.24) is 14.9 Å². The van der Waals surface area contributed by atoms with Crippen LogP contribution in [0.3, 0.4) is 0 Å². The third-order valence-electron chi connectivity index (χ3n) is 4.28. The summed E-state index contributed by atoms with van der Waals surface area (Å²) in [5.41, 5.74) is 10.4. The van der Waals surface area contributed by atoms with E-state index in [0.29, 0.717) is 18.7 Å². The maximum atomic E-state index is 12.2. The molecule has 1 amide bonds. The highest BCUT2D eigenvalue weighted by Crippen LogP contribution is 2.28. The molecular formula is C18H18N4O. The van der Waals surface area contributed by atoms with Crippen molar-refractivity contribution in [2.45, 2.75) is 13.0 Å². The smallest absolute Gasteiger partial charge is 0.253 e. The quantitative estimate of drug-likeness (QED) is 0.777. The van der Waals surface area contributed by atoms with Gasteiger partial charge in [-0.1, -0.05) is 30.3 Å². The van der Waals surface area contributed by atoms with Gasteiger partial charge in [-0.3, -0.25) is 4.79 Å². The number of amides is 1. The molecule has 2 aromatic carbocycles. The Hall–Kier alpha value is -2.66. The molecule has 3 N–H and O–H groups in total. The van der Waals surface area contributed by atoms with Crippen LogP contribution in [0.4, 0.5) is 0 Å². The molecule has 0 aliphatic carbocycles. The molecule has 0 bridgehead atoms. The maximum absolute atomic E-state index is 12.2. The molecule has 0 saturated heterocycles. The Morgan fingerprint density at radius 2 is 2.00 bits per heavy atom. The first-order chi connectivity index (χ1) is 11.3. The standard InChI is InChI=1S/C18H18N4O/c19-9-8-12-4-6-13(7-5-12)17-21-15-3-1-2-14-16(15)22(17)11-10-20-18(14)23/h1-7H,8-11,19H2,(H,20,23). The SMILES string of the molecule is NCCc1ccc(-c2nc3cccc4c3n2CCNC4=O)cc1. The number of nitrogens with two attached hydrogens (primary N) is 1. The summed E-state index contributed by atoms with van der Waals surface area (Å²) in [6, 6.07) is 14.0. The summed E-state index contributed by atoms with van der Waals surface area (Å²) in [7, 11) is 0. The summed E-state index contributed by atoms with van der Waals surface area (Å²) >= 11 is 0. The summed E-state index contributed by atoms with van der Waals surface area (Å²) in [6.45, 7) is 1.98. The van der Waals surface area contributed by atoms with E-state index in [1.807, 2.05) is 18.2 Å². The van der Waals surface area contributed by atoms with E-state index in [1.54, 1.807) is 0 Å².